The standard InChI is InChI=1S/C21H29N5O6.Y/c1-6-15(19(30)24-14(12(2)27)7-17(28)29)26-10-16(21(3,4)5)25-18(20(26)31)22-8-13-9-23-32-11-13;/h9-11,14-15H,6-8H2,1-5H3,(H,22,25)(H,24,30)(H,28,29);/t14-,15-;/m0./s1. The van der Waals surface area contributed by atoms with Gasteiger partial charge in [-0.15, -0.1) is 0 Å². The van der Waals surface area contributed by atoms with Gasteiger partial charge in [0.1, 0.15) is 12.3 Å². The third-order valence-corrected chi connectivity index (χ3v) is 4.85. The van der Waals surface area contributed by atoms with Crippen LogP contribution in [-0.4, -0.2) is 43.5 Å². The molecule has 177 valence electrons. The van der Waals surface area contributed by atoms with E-state index in [4.69, 9.17) is 9.63 Å². The molecule has 0 aromatic carbocycles. The number of aliphatic carboxylic acids is 1. The minimum Gasteiger partial charge on any atom is -0.481 e. The van der Waals surface area contributed by atoms with Gasteiger partial charge in [-0.25, -0.2) is 4.98 Å². The van der Waals surface area contributed by atoms with Crippen LogP contribution in [0.5, 0.6) is 0 Å². The van der Waals surface area contributed by atoms with E-state index in [1.54, 1.807) is 6.92 Å². The number of hydrogen-bond donors (Lipinski definition) is 3. The van der Waals surface area contributed by atoms with Crippen molar-refractivity contribution in [2.24, 2.45) is 0 Å². The van der Waals surface area contributed by atoms with Crippen LogP contribution < -0.4 is 16.2 Å². The van der Waals surface area contributed by atoms with Crippen LogP contribution in [0.25, 0.3) is 0 Å². The Balaban J connectivity index is 0.00000544. The summed E-state index contributed by atoms with van der Waals surface area (Å²) in [6.07, 6.45) is 4.17. The zero-order chi connectivity index (χ0) is 24.1. The number of Topliss-reactive ketones (excluding diaryl/α,β-unsaturated/α-hetero) is 1. The van der Waals surface area contributed by atoms with Gasteiger partial charge in [0.25, 0.3) is 5.56 Å². The summed E-state index contributed by atoms with van der Waals surface area (Å²) < 4.78 is 6.06. The second-order valence-electron chi connectivity index (χ2n) is 8.52. The minimum atomic E-state index is -1.21. The van der Waals surface area contributed by atoms with Crippen LogP contribution in [0, 0.1) is 0 Å². The van der Waals surface area contributed by atoms with Crippen LogP contribution in [0.2, 0.25) is 0 Å². The van der Waals surface area contributed by atoms with Crippen LogP contribution in [-0.2, 0) is 59.1 Å². The van der Waals surface area contributed by atoms with Gasteiger partial charge in [-0.3, -0.25) is 23.7 Å². The third-order valence-electron chi connectivity index (χ3n) is 4.85. The number of aromatic nitrogens is 3. The summed E-state index contributed by atoms with van der Waals surface area (Å²) in [4.78, 5) is 53.4. The number of rotatable bonds is 10. The first-order valence-corrected chi connectivity index (χ1v) is 10.2. The van der Waals surface area contributed by atoms with Crippen molar-refractivity contribution in [3.05, 3.63) is 40.3 Å². The number of carbonyl (C=O) groups excluding carboxylic acids is 2. The number of amides is 1. The van der Waals surface area contributed by atoms with E-state index < -0.39 is 47.1 Å². The van der Waals surface area contributed by atoms with Crippen molar-refractivity contribution in [1.82, 2.24) is 20.0 Å². The largest absolute Gasteiger partial charge is 0.481 e. The molecule has 0 bridgehead atoms. The molecule has 0 fully saturated rings. The van der Waals surface area contributed by atoms with E-state index in [-0.39, 0.29) is 51.5 Å². The molecule has 2 rings (SSSR count). The molecule has 0 aliphatic heterocycles. The van der Waals surface area contributed by atoms with Gasteiger partial charge in [0.05, 0.1) is 24.4 Å². The molecular weight excluding hydrogens is 507 g/mol. The van der Waals surface area contributed by atoms with E-state index in [1.807, 2.05) is 20.8 Å². The molecule has 1 amide bonds. The summed E-state index contributed by atoms with van der Waals surface area (Å²) in [5.74, 6) is -2.26. The van der Waals surface area contributed by atoms with Crippen LogP contribution in [0.3, 0.4) is 0 Å². The summed E-state index contributed by atoms with van der Waals surface area (Å²) in [6, 6.07) is -2.14. The van der Waals surface area contributed by atoms with Crippen LogP contribution >= 0.6 is 0 Å². The second-order valence-corrected chi connectivity index (χ2v) is 8.52. The first kappa shape index (κ1) is 28.6. The Morgan fingerprint density at radius 3 is 2.42 bits per heavy atom. The normalized spacial score (nSPS) is 12.9. The Kier molecular flexibility index (Phi) is 10.6. The molecule has 0 aliphatic carbocycles. The van der Waals surface area contributed by atoms with Gasteiger partial charge < -0.3 is 20.3 Å². The molecule has 0 saturated carbocycles. The van der Waals surface area contributed by atoms with E-state index in [9.17, 15) is 19.2 Å². The van der Waals surface area contributed by atoms with Gasteiger partial charge in [0.2, 0.25) is 5.91 Å². The average molecular weight is 536 g/mol. The van der Waals surface area contributed by atoms with Crippen LogP contribution in [0.4, 0.5) is 5.82 Å². The van der Waals surface area contributed by atoms with Gasteiger partial charge in [-0.2, -0.15) is 0 Å². The maximum Gasteiger partial charge on any atom is 0.305 e. The van der Waals surface area contributed by atoms with Crippen molar-refractivity contribution in [3.8, 4) is 0 Å². The second kappa shape index (κ2) is 12.2. The molecule has 2 atom stereocenters. The number of carboxylic acid groups (broad SMARTS) is 1. The van der Waals surface area contributed by atoms with Crippen molar-refractivity contribution in [1.29, 1.82) is 0 Å². The van der Waals surface area contributed by atoms with Gasteiger partial charge >= 0.3 is 5.97 Å². The summed E-state index contributed by atoms with van der Waals surface area (Å²) in [5, 5.41) is 18.1. The average Bonchev–Trinajstić information content (AvgIpc) is 3.20. The Labute approximate surface area is 216 Å². The molecule has 2 aromatic heterocycles. The molecular formula is C21H29N5O6Y. The SMILES string of the molecule is CC[C@@H](C(=O)N[C@@H](CC(=O)O)C(C)=O)n1cc(C(C)(C)C)nc(NCc2cnoc2)c1=O.[Y]. The zero-order valence-electron chi connectivity index (χ0n) is 19.4. The van der Waals surface area contributed by atoms with Crippen LogP contribution in [0.1, 0.15) is 64.8 Å². The van der Waals surface area contributed by atoms with Crippen molar-refractivity contribution >= 4 is 23.5 Å². The minimum absolute atomic E-state index is 0. The number of carboxylic acids is 1. The zero-order valence-corrected chi connectivity index (χ0v) is 22.3. The number of carbonyl (C=O) groups is 3. The summed E-state index contributed by atoms with van der Waals surface area (Å²) in [5.41, 5.74) is 0.337. The molecule has 2 heterocycles. The van der Waals surface area contributed by atoms with E-state index in [2.05, 4.69) is 20.8 Å². The number of ketones is 1. The monoisotopic (exact) mass is 536 g/mol. The predicted octanol–water partition coefficient (Wildman–Crippen LogP) is 1.64. The number of nitrogens with one attached hydrogen (secondary N) is 2. The van der Waals surface area contributed by atoms with Gasteiger partial charge in [-0.1, -0.05) is 32.9 Å². The van der Waals surface area contributed by atoms with Crippen molar-refractivity contribution in [3.63, 3.8) is 0 Å². The molecule has 2 aromatic rings. The van der Waals surface area contributed by atoms with E-state index in [0.717, 1.165) is 0 Å². The quantitative estimate of drug-likeness (QED) is 0.411. The molecule has 0 spiro atoms. The molecule has 0 unspecified atom stereocenters. The van der Waals surface area contributed by atoms with Crippen molar-refractivity contribution in [2.45, 2.75) is 71.5 Å². The molecule has 12 heteroatoms. The number of nitrogens with zero attached hydrogens (tertiary/aromatic N) is 3. The Morgan fingerprint density at radius 2 is 1.94 bits per heavy atom. The summed E-state index contributed by atoms with van der Waals surface area (Å²) in [7, 11) is 0. The topological polar surface area (TPSA) is 156 Å². The number of anilines is 1. The molecule has 0 aliphatic rings. The van der Waals surface area contributed by atoms with Gasteiger partial charge in [-0.05, 0) is 13.3 Å². The fourth-order valence-corrected chi connectivity index (χ4v) is 2.96. The molecule has 1 radical (unpaired) electrons. The third kappa shape index (κ3) is 7.85. The molecule has 11 nitrogen and oxygen atoms in total. The summed E-state index contributed by atoms with van der Waals surface area (Å²) in [6.45, 7) is 8.94. The first-order valence-electron chi connectivity index (χ1n) is 10.2. The fraction of sp³-hybridized carbons (Fsp3) is 0.524. The maximum absolute atomic E-state index is 13.2. The Hall–Kier alpha value is -2.40. The van der Waals surface area contributed by atoms with Gasteiger partial charge in [0, 0.05) is 56.4 Å². The van der Waals surface area contributed by atoms with E-state index in [0.29, 0.717) is 11.3 Å². The molecule has 3 N–H and O–H groups in total. The van der Waals surface area contributed by atoms with Gasteiger partial charge in [0.15, 0.2) is 11.6 Å². The molecule has 0 saturated heterocycles. The maximum atomic E-state index is 13.2. The Morgan fingerprint density at radius 1 is 1.27 bits per heavy atom. The fourth-order valence-electron chi connectivity index (χ4n) is 2.96. The summed E-state index contributed by atoms with van der Waals surface area (Å²) >= 11 is 0. The smallest absolute Gasteiger partial charge is 0.305 e. The Bertz CT molecular complexity index is 1030. The van der Waals surface area contributed by atoms with Crippen LogP contribution in [0.15, 0.2) is 28.0 Å². The number of hydrogen-bond acceptors (Lipinski definition) is 8. The van der Waals surface area contributed by atoms with E-state index in [1.165, 1.54) is 30.1 Å². The predicted molar refractivity (Wildman–Crippen MR) is 115 cm³/mol. The van der Waals surface area contributed by atoms with Crippen molar-refractivity contribution < 1.29 is 56.7 Å². The van der Waals surface area contributed by atoms with Crippen molar-refractivity contribution in [2.75, 3.05) is 5.32 Å². The molecule has 33 heavy (non-hydrogen) atoms. The first-order chi connectivity index (χ1) is 14.9. The van der Waals surface area contributed by atoms with E-state index >= 15 is 0 Å².